The first-order valence-electron chi connectivity index (χ1n) is 7.38. The Morgan fingerprint density at radius 1 is 1.10 bits per heavy atom. The highest BCUT2D eigenvalue weighted by Crippen LogP contribution is 2.47. The summed E-state index contributed by atoms with van der Waals surface area (Å²) in [6.45, 7) is 1.24. The van der Waals surface area contributed by atoms with Crippen LogP contribution in [0, 0.1) is 5.41 Å². The van der Waals surface area contributed by atoms with Crippen LogP contribution < -0.4 is 0 Å². The standard InChI is InChI=1S/C15H19BrClNO2S/c16-12-3-4-14(13(17)11-12)21(19,20)18-9-7-15(8-10-18)5-1-2-6-15/h3-4,11H,1-2,5-10H2. The van der Waals surface area contributed by atoms with Gasteiger partial charge in [0.05, 0.1) is 5.02 Å². The van der Waals surface area contributed by atoms with Gasteiger partial charge in [0.25, 0.3) is 0 Å². The molecule has 6 heteroatoms. The topological polar surface area (TPSA) is 37.4 Å². The maximum atomic E-state index is 12.7. The molecule has 3 rings (SSSR count). The minimum atomic E-state index is -3.48. The Kier molecular flexibility index (Phi) is 4.39. The van der Waals surface area contributed by atoms with Gasteiger partial charge < -0.3 is 0 Å². The van der Waals surface area contributed by atoms with Crippen LogP contribution in [-0.2, 0) is 10.0 Å². The van der Waals surface area contributed by atoms with Gasteiger partial charge in [0.1, 0.15) is 4.90 Å². The van der Waals surface area contributed by atoms with Crippen LogP contribution in [0.15, 0.2) is 27.6 Å². The summed E-state index contributed by atoms with van der Waals surface area (Å²) in [5, 5.41) is 0.283. The lowest BCUT2D eigenvalue weighted by molar-refractivity contribution is 0.160. The van der Waals surface area contributed by atoms with E-state index in [0.29, 0.717) is 18.5 Å². The van der Waals surface area contributed by atoms with Gasteiger partial charge >= 0.3 is 0 Å². The fourth-order valence-electron chi connectivity index (χ4n) is 3.65. The predicted octanol–water partition coefficient (Wildman–Crippen LogP) is 4.45. The number of piperidine rings is 1. The molecule has 1 aromatic rings. The zero-order valence-electron chi connectivity index (χ0n) is 11.8. The number of hydrogen-bond acceptors (Lipinski definition) is 2. The van der Waals surface area contributed by atoms with Gasteiger partial charge in [0.2, 0.25) is 10.0 Å². The fourth-order valence-corrected chi connectivity index (χ4v) is 6.10. The largest absolute Gasteiger partial charge is 0.244 e. The van der Waals surface area contributed by atoms with Crippen LogP contribution in [0.3, 0.4) is 0 Å². The molecule has 0 atom stereocenters. The minimum Gasteiger partial charge on any atom is -0.207 e. The average Bonchev–Trinajstić information content (AvgIpc) is 2.87. The second-order valence-corrected chi connectivity index (χ2v) is 9.42. The first-order chi connectivity index (χ1) is 9.93. The van der Waals surface area contributed by atoms with E-state index in [-0.39, 0.29) is 9.92 Å². The first kappa shape index (κ1) is 15.8. The number of hydrogen-bond donors (Lipinski definition) is 0. The SMILES string of the molecule is O=S(=O)(c1ccc(Br)cc1Cl)N1CCC2(CCCC2)CC1. The normalized spacial score (nSPS) is 22.8. The number of nitrogens with zero attached hydrogens (tertiary/aromatic N) is 1. The molecule has 1 aliphatic heterocycles. The number of rotatable bonds is 2. The Morgan fingerprint density at radius 2 is 1.71 bits per heavy atom. The molecular formula is C15H19BrClNO2S. The Morgan fingerprint density at radius 3 is 2.29 bits per heavy atom. The van der Waals surface area contributed by atoms with E-state index in [1.54, 1.807) is 22.5 Å². The van der Waals surface area contributed by atoms with Crippen molar-refractivity contribution >= 4 is 37.6 Å². The molecule has 0 N–H and O–H groups in total. The van der Waals surface area contributed by atoms with E-state index in [1.807, 2.05) is 0 Å². The van der Waals surface area contributed by atoms with Crippen LogP contribution in [0.25, 0.3) is 0 Å². The molecule has 3 nitrogen and oxygen atoms in total. The first-order valence-corrected chi connectivity index (χ1v) is 9.99. The molecule has 0 aromatic heterocycles. The van der Waals surface area contributed by atoms with Crippen molar-refractivity contribution in [1.82, 2.24) is 4.31 Å². The van der Waals surface area contributed by atoms with Gasteiger partial charge in [-0.2, -0.15) is 4.31 Å². The monoisotopic (exact) mass is 391 g/mol. The van der Waals surface area contributed by atoms with E-state index in [2.05, 4.69) is 15.9 Å². The van der Waals surface area contributed by atoms with E-state index in [9.17, 15) is 8.42 Å². The van der Waals surface area contributed by atoms with E-state index in [0.717, 1.165) is 17.3 Å². The molecule has 2 fully saturated rings. The van der Waals surface area contributed by atoms with Crippen molar-refractivity contribution in [3.05, 3.63) is 27.7 Å². The number of benzene rings is 1. The molecule has 0 radical (unpaired) electrons. The minimum absolute atomic E-state index is 0.217. The summed E-state index contributed by atoms with van der Waals surface area (Å²) in [7, 11) is -3.48. The summed E-state index contributed by atoms with van der Waals surface area (Å²) in [6, 6.07) is 4.94. The summed E-state index contributed by atoms with van der Waals surface area (Å²) >= 11 is 9.42. The maximum absolute atomic E-state index is 12.7. The lowest BCUT2D eigenvalue weighted by atomic mass is 9.78. The summed E-state index contributed by atoms with van der Waals surface area (Å²) < 4.78 is 27.9. The van der Waals surface area contributed by atoms with Crippen molar-refractivity contribution < 1.29 is 8.42 Å². The van der Waals surface area contributed by atoms with Crippen molar-refractivity contribution in [3.63, 3.8) is 0 Å². The lowest BCUT2D eigenvalue weighted by Crippen LogP contribution is -2.42. The third kappa shape index (κ3) is 3.03. The third-order valence-corrected chi connectivity index (χ3v) is 7.83. The molecule has 0 bridgehead atoms. The smallest absolute Gasteiger partial charge is 0.207 e. The molecule has 1 saturated carbocycles. The van der Waals surface area contributed by atoms with Crippen molar-refractivity contribution in [2.24, 2.45) is 5.41 Å². The van der Waals surface area contributed by atoms with Crippen LogP contribution in [-0.4, -0.2) is 25.8 Å². The van der Waals surface area contributed by atoms with E-state index in [4.69, 9.17) is 11.6 Å². The molecule has 1 aliphatic carbocycles. The van der Waals surface area contributed by atoms with Gasteiger partial charge in [-0.3, -0.25) is 0 Å². The molecule has 116 valence electrons. The number of sulfonamides is 1. The molecule has 1 aromatic carbocycles. The molecule has 1 spiro atoms. The van der Waals surface area contributed by atoms with Crippen LogP contribution in [0.1, 0.15) is 38.5 Å². The quantitative estimate of drug-likeness (QED) is 0.746. The van der Waals surface area contributed by atoms with Crippen molar-refractivity contribution in [2.75, 3.05) is 13.1 Å². The highest BCUT2D eigenvalue weighted by Gasteiger charge is 2.40. The molecule has 2 aliphatic rings. The molecule has 1 heterocycles. The Bertz CT molecular complexity index is 631. The van der Waals surface area contributed by atoms with Crippen LogP contribution in [0.2, 0.25) is 5.02 Å². The highest BCUT2D eigenvalue weighted by molar-refractivity contribution is 9.10. The van der Waals surface area contributed by atoms with Gasteiger partial charge in [-0.1, -0.05) is 40.4 Å². The molecular weight excluding hydrogens is 374 g/mol. The summed E-state index contributed by atoms with van der Waals surface area (Å²) in [5.41, 5.74) is 0.412. The second-order valence-electron chi connectivity index (χ2n) is 6.19. The third-order valence-electron chi connectivity index (χ3n) is 4.96. The summed E-state index contributed by atoms with van der Waals surface area (Å²) in [5.74, 6) is 0. The Labute approximate surface area is 139 Å². The Balaban J connectivity index is 1.80. The highest BCUT2D eigenvalue weighted by atomic mass is 79.9. The van der Waals surface area contributed by atoms with Crippen molar-refractivity contribution in [2.45, 2.75) is 43.4 Å². The van der Waals surface area contributed by atoms with Gasteiger partial charge in [0, 0.05) is 17.6 Å². The van der Waals surface area contributed by atoms with Crippen LogP contribution in [0.4, 0.5) is 0 Å². The summed E-state index contributed by atoms with van der Waals surface area (Å²) in [4.78, 5) is 0.217. The van der Waals surface area contributed by atoms with Gasteiger partial charge in [-0.15, -0.1) is 0 Å². The summed E-state index contributed by atoms with van der Waals surface area (Å²) in [6.07, 6.45) is 7.09. The molecule has 0 unspecified atom stereocenters. The van der Waals surface area contributed by atoms with E-state index < -0.39 is 10.0 Å². The molecule has 1 saturated heterocycles. The van der Waals surface area contributed by atoms with E-state index in [1.165, 1.54) is 25.7 Å². The van der Waals surface area contributed by atoms with Gasteiger partial charge in [0.15, 0.2) is 0 Å². The maximum Gasteiger partial charge on any atom is 0.244 e. The average molecular weight is 393 g/mol. The van der Waals surface area contributed by atoms with E-state index >= 15 is 0 Å². The van der Waals surface area contributed by atoms with Crippen LogP contribution >= 0.6 is 27.5 Å². The van der Waals surface area contributed by atoms with Gasteiger partial charge in [-0.05, 0) is 49.3 Å². The van der Waals surface area contributed by atoms with Crippen LogP contribution in [0.5, 0.6) is 0 Å². The zero-order valence-corrected chi connectivity index (χ0v) is 15.0. The second kappa shape index (κ2) is 5.84. The molecule has 21 heavy (non-hydrogen) atoms. The molecule has 0 amide bonds. The number of halogens is 2. The predicted molar refractivity (Wildman–Crippen MR) is 88.0 cm³/mol. The lowest BCUT2D eigenvalue weighted by Gasteiger charge is -2.38. The zero-order chi connectivity index (χ0) is 15.1. The van der Waals surface area contributed by atoms with Crippen molar-refractivity contribution in [1.29, 1.82) is 0 Å². The fraction of sp³-hybridized carbons (Fsp3) is 0.600. The Hall–Kier alpha value is -0.100. The van der Waals surface area contributed by atoms with Gasteiger partial charge in [-0.25, -0.2) is 8.42 Å². The van der Waals surface area contributed by atoms with Crippen molar-refractivity contribution in [3.8, 4) is 0 Å².